The summed E-state index contributed by atoms with van der Waals surface area (Å²) in [4.78, 5) is 31.8. The SMILES string of the molecule is CCc1noc(C)c1C(=O)OCC(=O)N(Cc1ccccc1)c1nc(-c2ccc(F)cc2)cs1. The first-order valence-electron chi connectivity index (χ1n) is 10.6. The van der Waals surface area contributed by atoms with Gasteiger partial charge < -0.3 is 9.26 Å². The van der Waals surface area contributed by atoms with Crippen molar-refractivity contribution in [3.63, 3.8) is 0 Å². The minimum Gasteiger partial charge on any atom is -0.452 e. The van der Waals surface area contributed by atoms with Gasteiger partial charge in [0.25, 0.3) is 5.91 Å². The van der Waals surface area contributed by atoms with Crippen LogP contribution in [0.15, 0.2) is 64.5 Å². The molecular formula is C25H22FN3O4S. The van der Waals surface area contributed by atoms with Crippen LogP contribution < -0.4 is 4.90 Å². The number of benzene rings is 2. The summed E-state index contributed by atoms with van der Waals surface area (Å²) in [6.45, 7) is 3.26. The maximum absolute atomic E-state index is 13.3. The number of anilines is 1. The van der Waals surface area contributed by atoms with Crippen molar-refractivity contribution < 1.29 is 23.2 Å². The number of amides is 1. The van der Waals surface area contributed by atoms with Crippen LogP contribution in [-0.2, 0) is 22.5 Å². The zero-order valence-electron chi connectivity index (χ0n) is 18.7. The number of ether oxygens (including phenoxy) is 1. The van der Waals surface area contributed by atoms with E-state index in [9.17, 15) is 14.0 Å². The van der Waals surface area contributed by atoms with Crippen molar-refractivity contribution in [3.8, 4) is 11.3 Å². The molecule has 34 heavy (non-hydrogen) atoms. The van der Waals surface area contributed by atoms with Crippen LogP contribution in [0, 0.1) is 12.7 Å². The van der Waals surface area contributed by atoms with E-state index in [4.69, 9.17) is 9.26 Å². The molecule has 0 atom stereocenters. The second-order valence-corrected chi connectivity index (χ2v) is 8.31. The molecular weight excluding hydrogens is 457 g/mol. The Kier molecular flexibility index (Phi) is 7.12. The number of rotatable bonds is 8. The van der Waals surface area contributed by atoms with E-state index >= 15 is 0 Å². The van der Waals surface area contributed by atoms with E-state index in [0.29, 0.717) is 28.7 Å². The lowest BCUT2D eigenvalue weighted by atomic mass is 10.1. The molecule has 0 unspecified atom stereocenters. The number of hydrogen-bond donors (Lipinski definition) is 0. The van der Waals surface area contributed by atoms with Gasteiger partial charge >= 0.3 is 5.97 Å². The average molecular weight is 480 g/mol. The quantitative estimate of drug-likeness (QED) is 0.323. The molecule has 0 aliphatic carbocycles. The van der Waals surface area contributed by atoms with E-state index in [2.05, 4.69) is 10.1 Å². The Morgan fingerprint density at radius 2 is 1.85 bits per heavy atom. The molecule has 2 aromatic carbocycles. The lowest BCUT2D eigenvalue weighted by Gasteiger charge is -2.20. The lowest BCUT2D eigenvalue weighted by Crippen LogP contribution is -2.34. The highest BCUT2D eigenvalue weighted by molar-refractivity contribution is 7.14. The second kappa shape index (κ2) is 10.4. The Morgan fingerprint density at radius 3 is 2.56 bits per heavy atom. The number of hydrogen-bond acceptors (Lipinski definition) is 7. The summed E-state index contributed by atoms with van der Waals surface area (Å²) in [6.07, 6.45) is 0.501. The van der Waals surface area contributed by atoms with Crippen LogP contribution in [0.2, 0.25) is 0 Å². The second-order valence-electron chi connectivity index (χ2n) is 7.48. The van der Waals surface area contributed by atoms with Gasteiger partial charge in [0, 0.05) is 10.9 Å². The first-order valence-corrected chi connectivity index (χ1v) is 11.5. The minimum atomic E-state index is -0.658. The molecule has 0 saturated carbocycles. The normalized spacial score (nSPS) is 10.8. The van der Waals surface area contributed by atoms with Crippen LogP contribution in [0.4, 0.5) is 9.52 Å². The maximum atomic E-state index is 13.3. The van der Waals surface area contributed by atoms with E-state index in [-0.39, 0.29) is 17.9 Å². The van der Waals surface area contributed by atoms with Crippen molar-refractivity contribution in [3.05, 3.63) is 88.4 Å². The number of aryl methyl sites for hydroxylation is 2. The summed E-state index contributed by atoms with van der Waals surface area (Å²) in [7, 11) is 0. The van der Waals surface area contributed by atoms with Gasteiger partial charge in [-0.3, -0.25) is 9.69 Å². The van der Waals surface area contributed by atoms with Gasteiger partial charge in [0.2, 0.25) is 0 Å². The largest absolute Gasteiger partial charge is 0.452 e. The molecule has 0 radical (unpaired) electrons. The number of halogens is 1. The first kappa shape index (κ1) is 23.3. The van der Waals surface area contributed by atoms with Crippen LogP contribution in [0.3, 0.4) is 0 Å². The fourth-order valence-corrected chi connectivity index (χ4v) is 4.22. The molecule has 2 aromatic heterocycles. The average Bonchev–Trinajstić information content (AvgIpc) is 3.48. The van der Waals surface area contributed by atoms with Crippen molar-refractivity contribution in [2.45, 2.75) is 26.8 Å². The van der Waals surface area contributed by atoms with Crippen LogP contribution >= 0.6 is 11.3 Å². The van der Waals surface area contributed by atoms with Gasteiger partial charge in [-0.2, -0.15) is 0 Å². The van der Waals surface area contributed by atoms with Crippen LogP contribution in [0.1, 0.15) is 34.3 Å². The number of thiazole rings is 1. The molecule has 4 aromatic rings. The standard InChI is InChI=1S/C25H22FN3O4S/c1-3-20-23(16(2)33-28-20)24(31)32-14-22(30)29(13-17-7-5-4-6-8-17)25-27-21(15-34-25)18-9-11-19(26)12-10-18/h4-12,15H,3,13-14H2,1-2H3. The molecule has 4 rings (SSSR count). The highest BCUT2D eigenvalue weighted by Crippen LogP contribution is 2.29. The molecule has 0 spiro atoms. The van der Waals surface area contributed by atoms with Crippen molar-refractivity contribution in [2.24, 2.45) is 0 Å². The Hall–Kier alpha value is -3.85. The summed E-state index contributed by atoms with van der Waals surface area (Å²) in [6, 6.07) is 15.4. The number of esters is 1. The van der Waals surface area contributed by atoms with E-state index in [0.717, 1.165) is 11.1 Å². The van der Waals surface area contributed by atoms with E-state index in [1.54, 1.807) is 24.4 Å². The van der Waals surface area contributed by atoms with Gasteiger partial charge in [-0.05, 0) is 43.2 Å². The van der Waals surface area contributed by atoms with Crippen LogP contribution in [-0.4, -0.2) is 28.6 Å². The molecule has 7 nitrogen and oxygen atoms in total. The fourth-order valence-electron chi connectivity index (χ4n) is 3.37. The molecule has 174 valence electrons. The third kappa shape index (κ3) is 5.20. The van der Waals surface area contributed by atoms with E-state index in [1.165, 1.54) is 28.4 Å². The van der Waals surface area contributed by atoms with Crippen molar-refractivity contribution in [2.75, 3.05) is 11.5 Å². The van der Waals surface area contributed by atoms with Crippen LogP contribution in [0.25, 0.3) is 11.3 Å². The van der Waals surface area contributed by atoms with Crippen LogP contribution in [0.5, 0.6) is 0 Å². The first-order chi connectivity index (χ1) is 16.5. The number of carbonyl (C=O) groups is 2. The zero-order valence-corrected chi connectivity index (χ0v) is 19.5. The smallest absolute Gasteiger partial charge is 0.344 e. The molecule has 9 heteroatoms. The summed E-state index contributed by atoms with van der Waals surface area (Å²) >= 11 is 1.28. The van der Waals surface area contributed by atoms with Crippen molar-refractivity contribution in [1.82, 2.24) is 10.1 Å². The number of carbonyl (C=O) groups excluding carboxylic acids is 2. The Labute approximate surface area is 199 Å². The summed E-state index contributed by atoms with van der Waals surface area (Å²) < 4.78 is 23.7. The monoisotopic (exact) mass is 479 g/mol. The van der Waals surface area contributed by atoms with E-state index < -0.39 is 18.5 Å². The third-order valence-electron chi connectivity index (χ3n) is 5.15. The highest BCUT2D eigenvalue weighted by Gasteiger charge is 2.25. The van der Waals surface area contributed by atoms with Gasteiger partial charge in [-0.25, -0.2) is 14.2 Å². The fraction of sp³-hybridized carbons (Fsp3) is 0.200. The highest BCUT2D eigenvalue weighted by atomic mass is 32.1. The van der Waals surface area contributed by atoms with Gasteiger partial charge in [0.05, 0.1) is 17.9 Å². The molecule has 0 saturated heterocycles. The Balaban J connectivity index is 1.55. The molecule has 1 amide bonds. The van der Waals surface area contributed by atoms with Crippen molar-refractivity contribution >= 4 is 28.3 Å². The van der Waals surface area contributed by atoms with E-state index in [1.807, 2.05) is 37.3 Å². The van der Waals surface area contributed by atoms with Crippen molar-refractivity contribution in [1.29, 1.82) is 0 Å². The number of nitrogens with zero attached hydrogens (tertiary/aromatic N) is 3. The molecule has 0 N–H and O–H groups in total. The van der Waals surface area contributed by atoms with Gasteiger partial charge in [-0.1, -0.05) is 42.4 Å². The van der Waals surface area contributed by atoms with Gasteiger partial charge in [-0.15, -0.1) is 11.3 Å². The third-order valence-corrected chi connectivity index (χ3v) is 6.01. The summed E-state index contributed by atoms with van der Waals surface area (Å²) in [5, 5.41) is 6.10. The molecule has 2 heterocycles. The molecule has 0 fully saturated rings. The Bertz CT molecular complexity index is 1290. The molecule has 0 aliphatic heterocycles. The number of aromatic nitrogens is 2. The summed E-state index contributed by atoms with van der Waals surface area (Å²) in [5.74, 6) is -1.07. The topological polar surface area (TPSA) is 85.5 Å². The predicted octanol–water partition coefficient (Wildman–Crippen LogP) is 5.20. The minimum absolute atomic E-state index is 0.248. The Morgan fingerprint density at radius 1 is 1.12 bits per heavy atom. The molecule has 0 bridgehead atoms. The maximum Gasteiger partial charge on any atom is 0.344 e. The summed E-state index contributed by atoms with van der Waals surface area (Å²) in [5.41, 5.74) is 2.98. The predicted molar refractivity (Wildman–Crippen MR) is 126 cm³/mol. The van der Waals surface area contributed by atoms with Gasteiger partial charge in [0.1, 0.15) is 17.1 Å². The molecule has 0 aliphatic rings. The van der Waals surface area contributed by atoms with Gasteiger partial charge in [0.15, 0.2) is 11.7 Å². The zero-order chi connectivity index (χ0) is 24.1. The lowest BCUT2D eigenvalue weighted by molar-refractivity contribution is -0.121.